The molecule has 1 aliphatic rings. The van der Waals surface area contributed by atoms with E-state index in [2.05, 4.69) is 15.9 Å². The summed E-state index contributed by atoms with van der Waals surface area (Å²) in [7, 11) is 1.61. The van der Waals surface area contributed by atoms with E-state index in [9.17, 15) is 14.9 Å². The molecule has 25 heavy (non-hydrogen) atoms. The summed E-state index contributed by atoms with van der Waals surface area (Å²) in [6.45, 7) is 0.480. The smallest absolute Gasteiger partial charge is 0.294 e. The van der Waals surface area contributed by atoms with Crippen LogP contribution in [0.3, 0.4) is 0 Å². The maximum atomic E-state index is 12.6. The van der Waals surface area contributed by atoms with Gasteiger partial charge in [-0.05, 0) is 42.2 Å². The van der Waals surface area contributed by atoms with Crippen molar-refractivity contribution in [2.24, 2.45) is 0 Å². The number of carbonyl (C=O) groups is 1. The molecule has 0 aliphatic carbocycles. The van der Waals surface area contributed by atoms with E-state index in [1.807, 2.05) is 30.3 Å². The molecule has 1 amide bonds. The predicted octanol–water partition coefficient (Wildman–Crippen LogP) is 3.89. The fraction of sp³-hybridized carbons (Fsp3) is 0.278. The third-order valence-electron chi connectivity index (χ3n) is 4.29. The molecule has 130 valence electrons. The molecule has 0 saturated heterocycles. The number of hydrogen-bond donors (Lipinski definition) is 0. The van der Waals surface area contributed by atoms with E-state index >= 15 is 0 Å². The lowest BCUT2D eigenvalue weighted by molar-refractivity contribution is -0.384. The Morgan fingerprint density at radius 3 is 2.68 bits per heavy atom. The highest BCUT2D eigenvalue weighted by Crippen LogP contribution is 2.39. The molecule has 2 aromatic rings. The Morgan fingerprint density at radius 1 is 1.32 bits per heavy atom. The number of nitro groups is 1. The number of rotatable bonds is 5. The minimum atomic E-state index is -0.432. The van der Waals surface area contributed by atoms with Gasteiger partial charge in [-0.15, -0.1) is 0 Å². The third kappa shape index (κ3) is 3.66. The zero-order valence-electron chi connectivity index (χ0n) is 13.7. The van der Waals surface area contributed by atoms with Crippen molar-refractivity contribution in [3.63, 3.8) is 0 Å². The molecular formula is C18H17BrN2O4. The summed E-state index contributed by atoms with van der Waals surface area (Å²) in [6.07, 6.45) is 1.52. The van der Waals surface area contributed by atoms with Crippen molar-refractivity contribution in [3.8, 4) is 5.75 Å². The van der Waals surface area contributed by atoms with Crippen LogP contribution in [0, 0.1) is 10.1 Å². The second-order valence-electron chi connectivity index (χ2n) is 5.83. The molecule has 0 bridgehead atoms. The van der Waals surface area contributed by atoms with Crippen LogP contribution in [-0.2, 0) is 17.6 Å². The lowest BCUT2D eigenvalue weighted by Crippen LogP contribution is -2.29. The average molecular weight is 405 g/mol. The Bertz CT molecular complexity index is 821. The number of nitrogens with zero attached hydrogens (tertiary/aromatic N) is 2. The number of carbonyl (C=O) groups excluding carboxylic acids is 1. The monoisotopic (exact) mass is 404 g/mol. The quantitative estimate of drug-likeness (QED) is 0.559. The molecule has 3 rings (SSSR count). The summed E-state index contributed by atoms with van der Waals surface area (Å²) in [5.74, 6) is 0.671. The highest BCUT2D eigenvalue weighted by molar-refractivity contribution is 9.10. The maximum Gasteiger partial charge on any atom is 0.294 e. The van der Waals surface area contributed by atoms with Gasteiger partial charge < -0.3 is 9.64 Å². The number of hydrogen-bond acceptors (Lipinski definition) is 4. The molecule has 7 heteroatoms. The number of amides is 1. The molecule has 1 heterocycles. The SMILES string of the molecule is COc1ccc(CCC(=O)N2CCc3cc(Br)cc([N+](=O)[O-])c32)cc1. The van der Waals surface area contributed by atoms with E-state index in [0.717, 1.165) is 16.9 Å². The molecule has 0 spiro atoms. The molecule has 0 saturated carbocycles. The van der Waals surface area contributed by atoms with Crippen LogP contribution in [0.4, 0.5) is 11.4 Å². The molecule has 0 atom stereocenters. The first-order chi connectivity index (χ1) is 12.0. The molecule has 0 fully saturated rings. The standard InChI is InChI=1S/C18H17BrN2O4/c1-25-15-5-2-12(3-6-15)4-7-17(22)20-9-8-13-10-14(19)11-16(18(13)20)21(23)24/h2-3,5-6,10-11H,4,7-9H2,1H3. The molecule has 0 radical (unpaired) electrons. The van der Waals surface area contributed by atoms with Gasteiger partial charge in [0.2, 0.25) is 5.91 Å². The molecular weight excluding hydrogens is 388 g/mol. The number of ether oxygens (including phenoxy) is 1. The van der Waals surface area contributed by atoms with Gasteiger partial charge in [0.1, 0.15) is 11.4 Å². The average Bonchev–Trinajstić information content (AvgIpc) is 3.03. The number of anilines is 1. The van der Waals surface area contributed by atoms with Gasteiger partial charge in [-0.1, -0.05) is 28.1 Å². The van der Waals surface area contributed by atoms with Crippen molar-refractivity contribution in [2.45, 2.75) is 19.3 Å². The molecule has 0 aromatic heterocycles. The van der Waals surface area contributed by atoms with Crippen LogP contribution < -0.4 is 9.64 Å². The second-order valence-corrected chi connectivity index (χ2v) is 6.75. The van der Waals surface area contributed by atoms with Crippen LogP contribution in [0.25, 0.3) is 0 Å². The van der Waals surface area contributed by atoms with Crippen LogP contribution in [0.15, 0.2) is 40.9 Å². The minimum Gasteiger partial charge on any atom is -0.497 e. The molecule has 2 aromatic carbocycles. The number of benzene rings is 2. The normalized spacial score (nSPS) is 12.8. The van der Waals surface area contributed by atoms with E-state index in [4.69, 9.17) is 4.74 Å². The van der Waals surface area contributed by atoms with Crippen LogP contribution in [0.1, 0.15) is 17.5 Å². The molecule has 1 aliphatic heterocycles. The minimum absolute atomic E-state index is 0.0281. The zero-order chi connectivity index (χ0) is 18.0. The summed E-state index contributed by atoms with van der Waals surface area (Å²) in [4.78, 5) is 25.1. The van der Waals surface area contributed by atoms with Crippen molar-refractivity contribution in [1.29, 1.82) is 0 Å². The number of fused-ring (bicyclic) bond motifs is 1. The van der Waals surface area contributed by atoms with Gasteiger partial charge in [-0.3, -0.25) is 14.9 Å². The van der Waals surface area contributed by atoms with Crippen molar-refractivity contribution >= 4 is 33.2 Å². The van der Waals surface area contributed by atoms with E-state index in [1.165, 1.54) is 6.07 Å². The highest BCUT2D eigenvalue weighted by atomic mass is 79.9. The van der Waals surface area contributed by atoms with Crippen LogP contribution in [-0.4, -0.2) is 24.5 Å². The van der Waals surface area contributed by atoms with Gasteiger partial charge in [-0.2, -0.15) is 0 Å². The predicted molar refractivity (Wildman–Crippen MR) is 98.2 cm³/mol. The highest BCUT2D eigenvalue weighted by Gasteiger charge is 2.32. The first-order valence-electron chi connectivity index (χ1n) is 7.89. The Balaban J connectivity index is 1.75. The second kappa shape index (κ2) is 7.23. The fourth-order valence-corrected chi connectivity index (χ4v) is 3.55. The van der Waals surface area contributed by atoms with Crippen molar-refractivity contribution in [3.05, 3.63) is 62.1 Å². The van der Waals surface area contributed by atoms with Gasteiger partial charge in [0.15, 0.2) is 0 Å². The summed E-state index contributed by atoms with van der Waals surface area (Å²) in [6, 6.07) is 10.8. The van der Waals surface area contributed by atoms with Gasteiger partial charge in [0.25, 0.3) is 5.69 Å². The number of aryl methyl sites for hydroxylation is 1. The van der Waals surface area contributed by atoms with E-state index in [0.29, 0.717) is 36.0 Å². The maximum absolute atomic E-state index is 12.6. The van der Waals surface area contributed by atoms with E-state index in [-0.39, 0.29) is 11.6 Å². The topological polar surface area (TPSA) is 72.7 Å². The first-order valence-corrected chi connectivity index (χ1v) is 8.69. The summed E-state index contributed by atoms with van der Waals surface area (Å²) >= 11 is 3.30. The summed E-state index contributed by atoms with van der Waals surface area (Å²) in [5.41, 5.74) is 2.27. The Morgan fingerprint density at radius 2 is 2.04 bits per heavy atom. The van der Waals surface area contributed by atoms with Gasteiger partial charge in [0.05, 0.1) is 12.0 Å². The molecule has 6 nitrogen and oxygen atoms in total. The Labute approximate surface area is 153 Å². The van der Waals surface area contributed by atoms with Crippen LogP contribution in [0.2, 0.25) is 0 Å². The Hall–Kier alpha value is -2.41. The summed E-state index contributed by atoms with van der Waals surface area (Å²) in [5, 5.41) is 11.4. The van der Waals surface area contributed by atoms with Gasteiger partial charge in [0, 0.05) is 23.5 Å². The lowest BCUT2D eigenvalue weighted by Gasteiger charge is -2.17. The van der Waals surface area contributed by atoms with Crippen molar-refractivity contribution in [2.75, 3.05) is 18.6 Å². The van der Waals surface area contributed by atoms with Crippen molar-refractivity contribution < 1.29 is 14.5 Å². The van der Waals surface area contributed by atoms with Crippen LogP contribution in [0.5, 0.6) is 5.75 Å². The van der Waals surface area contributed by atoms with Gasteiger partial charge in [-0.25, -0.2) is 0 Å². The van der Waals surface area contributed by atoms with E-state index < -0.39 is 4.92 Å². The fourth-order valence-electron chi connectivity index (χ4n) is 3.05. The van der Waals surface area contributed by atoms with E-state index in [1.54, 1.807) is 12.0 Å². The third-order valence-corrected chi connectivity index (χ3v) is 4.75. The van der Waals surface area contributed by atoms with Crippen molar-refractivity contribution in [1.82, 2.24) is 0 Å². The number of methoxy groups -OCH3 is 1. The first kappa shape index (κ1) is 17.4. The lowest BCUT2D eigenvalue weighted by atomic mass is 10.1. The van der Waals surface area contributed by atoms with Crippen LogP contribution >= 0.6 is 15.9 Å². The molecule has 0 unspecified atom stereocenters. The largest absolute Gasteiger partial charge is 0.497 e. The Kier molecular flexibility index (Phi) is 5.03. The van der Waals surface area contributed by atoms with Gasteiger partial charge >= 0.3 is 0 Å². The molecule has 0 N–H and O–H groups in total. The summed E-state index contributed by atoms with van der Waals surface area (Å²) < 4.78 is 5.78. The number of halogens is 1. The zero-order valence-corrected chi connectivity index (χ0v) is 15.3. The number of nitro benzene ring substituents is 1.